The summed E-state index contributed by atoms with van der Waals surface area (Å²) in [6.45, 7) is 0. The summed E-state index contributed by atoms with van der Waals surface area (Å²) in [7, 11) is 0. The highest BCUT2D eigenvalue weighted by Crippen LogP contribution is 2.31. The lowest BCUT2D eigenvalue weighted by atomic mass is 10.2. The number of halogens is 2. The highest BCUT2D eigenvalue weighted by molar-refractivity contribution is 14.1. The van der Waals surface area contributed by atoms with E-state index < -0.39 is 0 Å². The van der Waals surface area contributed by atoms with Crippen molar-refractivity contribution in [1.82, 2.24) is 0 Å². The van der Waals surface area contributed by atoms with Gasteiger partial charge in [0.15, 0.2) is 0 Å². The number of rotatable bonds is 1. The molecule has 0 radical (unpaired) electrons. The van der Waals surface area contributed by atoms with E-state index in [0.29, 0.717) is 0 Å². The van der Waals surface area contributed by atoms with Crippen molar-refractivity contribution < 1.29 is 4.42 Å². The molecule has 0 bridgehead atoms. The largest absolute Gasteiger partial charge is 0.464 e. The van der Waals surface area contributed by atoms with Gasteiger partial charge < -0.3 is 4.42 Å². The van der Waals surface area contributed by atoms with E-state index in [-0.39, 0.29) is 0 Å². The fraction of sp³-hybridized carbons (Fsp3) is 0. The summed E-state index contributed by atoms with van der Waals surface area (Å²) in [6, 6.07) is 9.95. The third kappa shape index (κ3) is 1.81. The molecule has 2 rings (SSSR count). The maximum atomic E-state index is 5.32. The van der Waals surface area contributed by atoms with Crippen LogP contribution in [0.5, 0.6) is 0 Å². The van der Waals surface area contributed by atoms with E-state index in [1.807, 2.05) is 24.3 Å². The SMILES string of the molecule is Brc1c(I)cccc1-c1ccco1. The smallest absolute Gasteiger partial charge is 0.135 e. The molecule has 2 aromatic rings. The molecule has 0 N–H and O–H groups in total. The Morgan fingerprint density at radius 2 is 2.00 bits per heavy atom. The summed E-state index contributed by atoms with van der Waals surface area (Å²) in [5, 5.41) is 0. The molecule has 66 valence electrons. The van der Waals surface area contributed by atoms with Crippen molar-refractivity contribution in [1.29, 1.82) is 0 Å². The van der Waals surface area contributed by atoms with Crippen molar-refractivity contribution in [3.63, 3.8) is 0 Å². The summed E-state index contributed by atoms with van der Waals surface area (Å²) in [5.41, 5.74) is 1.09. The van der Waals surface area contributed by atoms with Gasteiger partial charge >= 0.3 is 0 Å². The summed E-state index contributed by atoms with van der Waals surface area (Å²) in [5.74, 6) is 0.894. The minimum absolute atomic E-state index is 0.894. The monoisotopic (exact) mass is 348 g/mol. The standard InChI is InChI=1S/C10H6BrIO/c11-10-7(3-1-4-8(10)12)9-5-2-6-13-9/h1-6H. The molecule has 1 aromatic heterocycles. The predicted molar refractivity (Wildman–Crippen MR) is 64.6 cm³/mol. The van der Waals surface area contributed by atoms with Crippen LogP contribution in [-0.4, -0.2) is 0 Å². The van der Waals surface area contributed by atoms with Crippen LogP contribution in [0.1, 0.15) is 0 Å². The van der Waals surface area contributed by atoms with Gasteiger partial charge in [0.25, 0.3) is 0 Å². The van der Waals surface area contributed by atoms with Crippen LogP contribution in [0.25, 0.3) is 11.3 Å². The first-order valence-corrected chi connectivity index (χ1v) is 5.64. The fourth-order valence-corrected chi connectivity index (χ4v) is 2.08. The molecule has 0 aliphatic carbocycles. The van der Waals surface area contributed by atoms with Gasteiger partial charge in [0, 0.05) is 13.6 Å². The van der Waals surface area contributed by atoms with Gasteiger partial charge in [-0.1, -0.05) is 12.1 Å². The third-order valence-corrected chi connectivity index (χ3v) is 4.23. The molecule has 13 heavy (non-hydrogen) atoms. The van der Waals surface area contributed by atoms with E-state index in [9.17, 15) is 0 Å². The first-order valence-electron chi connectivity index (χ1n) is 3.77. The topological polar surface area (TPSA) is 13.1 Å². The Bertz CT molecular complexity index is 409. The highest BCUT2D eigenvalue weighted by Gasteiger charge is 2.07. The number of furan rings is 1. The van der Waals surface area contributed by atoms with E-state index in [4.69, 9.17) is 4.42 Å². The molecule has 0 fully saturated rings. The Morgan fingerprint density at radius 3 is 2.69 bits per heavy atom. The summed E-state index contributed by atoms with van der Waals surface area (Å²) in [6.07, 6.45) is 1.68. The Morgan fingerprint density at radius 1 is 1.15 bits per heavy atom. The summed E-state index contributed by atoms with van der Waals surface area (Å²) >= 11 is 5.82. The lowest BCUT2D eigenvalue weighted by molar-refractivity contribution is 0.582. The van der Waals surface area contributed by atoms with Crippen molar-refractivity contribution in [3.8, 4) is 11.3 Å². The van der Waals surface area contributed by atoms with Gasteiger partial charge in [0.2, 0.25) is 0 Å². The second kappa shape index (κ2) is 3.84. The first kappa shape index (κ1) is 9.27. The Balaban J connectivity index is 2.59. The second-order valence-corrected chi connectivity index (χ2v) is 4.53. The Labute approximate surface area is 98.4 Å². The molecule has 0 atom stereocenters. The maximum absolute atomic E-state index is 5.32. The van der Waals surface area contributed by atoms with Crippen molar-refractivity contribution in [2.75, 3.05) is 0 Å². The molecule has 0 unspecified atom stereocenters. The van der Waals surface area contributed by atoms with Gasteiger partial charge in [-0.15, -0.1) is 0 Å². The summed E-state index contributed by atoms with van der Waals surface area (Å²) < 4.78 is 7.60. The van der Waals surface area contributed by atoms with Gasteiger partial charge in [-0.3, -0.25) is 0 Å². The van der Waals surface area contributed by atoms with Gasteiger partial charge in [0.05, 0.1) is 6.26 Å². The molecule has 0 aliphatic heterocycles. The van der Waals surface area contributed by atoms with Crippen molar-refractivity contribution >= 4 is 38.5 Å². The van der Waals surface area contributed by atoms with E-state index in [1.165, 1.54) is 3.57 Å². The molecule has 0 amide bonds. The van der Waals surface area contributed by atoms with Gasteiger partial charge in [0.1, 0.15) is 5.76 Å². The average Bonchev–Trinajstić information content (AvgIpc) is 2.62. The van der Waals surface area contributed by atoms with Gasteiger partial charge in [-0.25, -0.2) is 0 Å². The molecule has 3 heteroatoms. The third-order valence-electron chi connectivity index (χ3n) is 1.74. The van der Waals surface area contributed by atoms with Crippen LogP contribution in [0.3, 0.4) is 0 Å². The van der Waals surface area contributed by atoms with Crippen molar-refractivity contribution in [3.05, 3.63) is 44.6 Å². The van der Waals surface area contributed by atoms with E-state index in [2.05, 4.69) is 44.6 Å². The van der Waals surface area contributed by atoms with Crippen molar-refractivity contribution in [2.45, 2.75) is 0 Å². The number of hydrogen-bond donors (Lipinski definition) is 0. The molecule has 1 aromatic carbocycles. The maximum Gasteiger partial charge on any atom is 0.135 e. The van der Waals surface area contributed by atoms with Crippen LogP contribution >= 0.6 is 38.5 Å². The molecule has 0 aliphatic rings. The lowest BCUT2D eigenvalue weighted by Gasteiger charge is -2.01. The van der Waals surface area contributed by atoms with E-state index in [0.717, 1.165) is 15.8 Å². The van der Waals surface area contributed by atoms with Crippen LogP contribution in [-0.2, 0) is 0 Å². The van der Waals surface area contributed by atoms with Crippen LogP contribution in [0.4, 0.5) is 0 Å². The zero-order valence-corrected chi connectivity index (χ0v) is 10.4. The van der Waals surface area contributed by atoms with Gasteiger partial charge in [-0.05, 0) is 56.7 Å². The predicted octanol–water partition coefficient (Wildman–Crippen LogP) is 4.31. The lowest BCUT2D eigenvalue weighted by Crippen LogP contribution is -1.79. The van der Waals surface area contributed by atoms with E-state index in [1.54, 1.807) is 6.26 Å². The minimum Gasteiger partial charge on any atom is -0.464 e. The molecular formula is C10H6BrIO. The molecule has 0 spiro atoms. The van der Waals surface area contributed by atoms with Crippen LogP contribution in [0.2, 0.25) is 0 Å². The summed E-state index contributed by atoms with van der Waals surface area (Å²) in [4.78, 5) is 0. The Kier molecular flexibility index (Phi) is 2.74. The molecule has 0 saturated carbocycles. The normalized spacial score (nSPS) is 10.3. The number of benzene rings is 1. The highest BCUT2D eigenvalue weighted by atomic mass is 127. The molecule has 1 heterocycles. The zero-order valence-electron chi connectivity index (χ0n) is 6.63. The zero-order chi connectivity index (χ0) is 9.26. The number of hydrogen-bond acceptors (Lipinski definition) is 1. The first-order chi connectivity index (χ1) is 6.29. The van der Waals surface area contributed by atoms with Gasteiger partial charge in [-0.2, -0.15) is 0 Å². The minimum atomic E-state index is 0.894. The Hall–Kier alpha value is -0.290. The van der Waals surface area contributed by atoms with Crippen LogP contribution < -0.4 is 0 Å². The molecule has 1 nitrogen and oxygen atoms in total. The quantitative estimate of drug-likeness (QED) is 0.700. The van der Waals surface area contributed by atoms with Crippen molar-refractivity contribution in [2.24, 2.45) is 0 Å². The van der Waals surface area contributed by atoms with Crippen LogP contribution in [0, 0.1) is 3.57 Å². The van der Waals surface area contributed by atoms with E-state index >= 15 is 0 Å². The second-order valence-electron chi connectivity index (χ2n) is 2.58. The van der Waals surface area contributed by atoms with Crippen LogP contribution in [0.15, 0.2) is 45.5 Å². The average molecular weight is 349 g/mol. The molecular weight excluding hydrogens is 343 g/mol. The molecule has 0 saturated heterocycles. The fourth-order valence-electron chi connectivity index (χ4n) is 1.13.